The average Bonchev–Trinajstić information content (AvgIpc) is 3.24. The monoisotopic (exact) mass is 321 g/mol. The van der Waals surface area contributed by atoms with E-state index in [9.17, 15) is 9.59 Å². The molecule has 4 nitrogen and oxygen atoms in total. The Morgan fingerprint density at radius 2 is 2.18 bits per heavy atom. The maximum atomic E-state index is 12.1. The van der Waals surface area contributed by atoms with Gasteiger partial charge in [0.1, 0.15) is 4.88 Å². The Labute approximate surface area is 135 Å². The van der Waals surface area contributed by atoms with Crippen LogP contribution in [0.3, 0.4) is 0 Å². The van der Waals surface area contributed by atoms with Crippen molar-refractivity contribution in [2.24, 2.45) is 11.8 Å². The third-order valence-electron chi connectivity index (χ3n) is 4.58. The van der Waals surface area contributed by atoms with Crippen molar-refractivity contribution < 1.29 is 14.3 Å². The highest BCUT2D eigenvalue weighted by Crippen LogP contribution is 2.33. The molecule has 1 heterocycles. The fourth-order valence-corrected chi connectivity index (χ4v) is 4.12. The van der Waals surface area contributed by atoms with E-state index in [-0.39, 0.29) is 24.5 Å². The number of carbonyl (C=O) groups is 2. The quantitative estimate of drug-likeness (QED) is 0.848. The molecule has 0 unspecified atom stereocenters. The molecule has 0 aliphatic heterocycles. The van der Waals surface area contributed by atoms with Crippen molar-refractivity contribution in [1.29, 1.82) is 0 Å². The summed E-state index contributed by atoms with van der Waals surface area (Å²) in [5.41, 5.74) is 1.28. The first-order valence-corrected chi connectivity index (χ1v) is 8.92. The van der Waals surface area contributed by atoms with Crippen molar-refractivity contribution in [2.75, 3.05) is 6.61 Å². The van der Waals surface area contributed by atoms with Crippen LogP contribution in [0.1, 0.15) is 53.2 Å². The number of thiophene rings is 1. The molecule has 0 spiro atoms. The number of rotatable bonds is 5. The Bertz CT molecular complexity index is 576. The van der Waals surface area contributed by atoms with Crippen LogP contribution in [0.25, 0.3) is 0 Å². The maximum Gasteiger partial charge on any atom is 0.348 e. The van der Waals surface area contributed by atoms with Gasteiger partial charge in [-0.15, -0.1) is 11.3 Å². The highest BCUT2D eigenvalue weighted by atomic mass is 32.1. The molecule has 1 saturated carbocycles. The largest absolute Gasteiger partial charge is 0.451 e. The van der Waals surface area contributed by atoms with Gasteiger partial charge in [-0.25, -0.2) is 4.79 Å². The molecule has 0 bridgehead atoms. The first kappa shape index (κ1) is 15.5. The van der Waals surface area contributed by atoms with E-state index in [0.717, 1.165) is 12.8 Å². The minimum Gasteiger partial charge on any atom is -0.451 e. The van der Waals surface area contributed by atoms with E-state index in [1.807, 2.05) is 13.0 Å². The number of amides is 1. The number of esters is 1. The Kier molecular flexibility index (Phi) is 4.52. The molecule has 0 saturated heterocycles. The second-order valence-corrected chi connectivity index (χ2v) is 7.81. The van der Waals surface area contributed by atoms with Crippen molar-refractivity contribution in [2.45, 2.75) is 52.0 Å². The maximum absolute atomic E-state index is 12.1. The van der Waals surface area contributed by atoms with E-state index in [4.69, 9.17) is 4.74 Å². The summed E-state index contributed by atoms with van der Waals surface area (Å²) in [4.78, 5) is 25.8. The molecule has 2 aliphatic carbocycles. The lowest BCUT2D eigenvalue weighted by atomic mass is 9.90. The van der Waals surface area contributed by atoms with E-state index in [1.165, 1.54) is 41.0 Å². The Morgan fingerprint density at radius 1 is 1.41 bits per heavy atom. The zero-order valence-electron chi connectivity index (χ0n) is 13.2. The van der Waals surface area contributed by atoms with Gasteiger partial charge in [-0.3, -0.25) is 4.79 Å². The van der Waals surface area contributed by atoms with E-state index >= 15 is 0 Å². The van der Waals surface area contributed by atoms with Crippen LogP contribution in [0.4, 0.5) is 0 Å². The fraction of sp³-hybridized carbons (Fsp3) is 0.647. The zero-order valence-corrected chi connectivity index (χ0v) is 14.0. The molecule has 0 radical (unpaired) electrons. The van der Waals surface area contributed by atoms with Crippen LogP contribution in [0.2, 0.25) is 0 Å². The third kappa shape index (κ3) is 3.69. The Balaban J connectivity index is 1.50. The van der Waals surface area contributed by atoms with Crippen LogP contribution in [0.15, 0.2) is 6.07 Å². The van der Waals surface area contributed by atoms with Gasteiger partial charge in [0.25, 0.3) is 5.91 Å². The number of nitrogens with one attached hydrogen (secondary N) is 1. The number of aryl methyl sites for hydroxylation is 1. The average molecular weight is 321 g/mol. The van der Waals surface area contributed by atoms with Gasteiger partial charge in [-0.1, -0.05) is 6.92 Å². The molecule has 3 rings (SSSR count). The van der Waals surface area contributed by atoms with E-state index in [0.29, 0.717) is 16.7 Å². The summed E-state index contributed by atoms with van der Waals surface area (Å²) >= 11 is 1.52. The first-order chi connectivity index (χ1) is 10.5. The fourth-order valence-electron chi connectivity index (χ4n) is 3.02. The molecule has 1 aromatic heterocycles. The number of hydrogen-bond donors (Lipinski definition) is 1. The summed E-state index contributed by atoms with van der Waals surface area (Å²) in [7, 11) is 0. The molecular weight excluding hydrogens is 298 g/mol. The van der Waals surface area contributed by atoms with Crippen molar-refractivity contribution in [3.05, 3.63) is 21.4 Å². The summed E-state index contributed by atoms with van der Waals surface area (Å²) in [6, 6.07) is 2.13. The first-order valence-electron chi connectivity index (χ1n) is 8.11. The zero-order chi connectivity index (χ0) is 15.7. The van der Waals surface area contributed by atoms with E-state index in [1.54, 1.807) is 0 Å². The normalized spacial score (nSPS) is 21.8. The van der Waals surface area contributed by atoms with Gasteiger partial charge >= 0.3 is 5.97 Å². The van der Waals surface area contributed by atoms with Gasteiger partial charge < -0.3 is 10.1 Å². The Hall–Kier alpha value is -1.36. The van der Waals surface area contributed by atoms with E-state index in [2.05, 4.69) is 12.2 Å². The second kappa shape index (κ2) is 6.41. The summed E-state index contributed by atoms with van der Waals surface area (Å²) in [6.45, 7) is 4.06. The van der Waals surface area contributed by atoms with Crippen molar-refractivity contribution >= 4 is 23.2 Å². The van der Waals surface area contributed by atoms with Crippen LogP contribution in [0, 0.1) is 11.8 Å². The van der Waals surface area contributed by atoms with Crippen molar-refractivity contribution in [3.63, 3.8) is 0 Å². The smallest absolute Gasteiger partial charge is 0.348 e. The number of hydrogen-bond acceptors (Lipinski definition) is 4. The van der Waals surface area contributed by atoms with Crippen LogP contribution >= 0.6 is 11.3 Å². The van der Waals surface area contributed by atoms with Crippen LogP contribution < -0.4 is 5.32 Å². The topological polar surface area (TPSA) is 55.4 Å². The van der Waals surface area contributed by atoms with Gasteiger partial charge in [0, 0.05) is 10.9 Å². The predicted molar refractivity (Wildman–Crippen MR) is 86.1 cm³/mol. The summed E-state index contributed by atoms with van der Waals surface area (Å²) in [6.07, 6.45) is 5.64. The Morgan fingerprint density at radius 3 is 2.91 bits per heavy atom. The SMILES string of the molecule is C[C@H]1CCc2sc(C(=O)OCC(=O)N[C@@H](C)C3CC3)cc2C1. The van der Waals surface area contributed by atoms with Gasteiger partial charge in [0.05, 0.1) is 0 Å². The number of ether oxygens (including phenoxy) is 1. The van der Waals surface area contributed by atoms with Gasteiger partial charge in [0.2, 0.25) is 0 Å². The highest BCUT2D eigenvalue weighted by Gasteiger charge is 2.29. The molecule has 2 aliphatic rings. The van der Waals surface area contributed by atoms with Gasteiger partial charge in [0.15, 0.2) is 6.61 Å². The van der Waals surface area contributed by atoms with Gasteiger partial charge in [-0.2, -0.15) is 0 Å². The molecule has 2 atom stereocenters. The molecule has 1 N–H and O–H groups in total. The van der Waals surface area contributed by atoms with E-state index < -0.39 is 0 Å². The summed E-state index contributed by atoms with van der Waals surface area (Å²) in [5, 5.41) is 2.89. The van der Waals surface area contributed by atoms with Gasteiger partial charge in [-0.05, 0) is 62.5 Å². The predicted octanol–water partition coefficient (Wildman–Crippen LogP) is 2.94. The molecule has 5 heteroatoms. The lowest BCUT2D eigenvalue weighted by Gasteiger charge is -2.16. The molecular formula is C17H23NO3S. The number of carbonyl (C=O) groups excluding carboxylic acids is 2. The summed E-state index contributed by atoms with van der Waals surface area (Å²) in [5.74, 6) is 0.704. The minimum absolute atomic E-state index is 0.182. The lowest BCUT2D eigenvalue weighted by molar-refractivity contribution is -0.124. The van der Waals surface area contributed by atoms with Crippen molar-refractivity contribution in [3.8, 4) is 0 Å². The molecule has 120 valence electrons. The summed E-state index contributed by atoms with van der Waals surface area (Å²) < 4.78 is 5.15. The lowest BCUT2D eigenvalue weighted by Crippen LogP contribution is -2.37. The molecule has 0 aromatic carbocycles. The highest BCUT2D eigenvalue weighted by molar-refractivity contribution is 7.14. The van der Waals surface area contributed by atoms with Crippen LogP contribution in [-0.4, -0.2) is 24.5 Å². The third-order valence-corrected chi connectivity index (χ3v) is 5.80. The van der Waals surface area contributed by atoms with Crippen LogP contribution in [-0.2, 0) is 22.4 Å². The molecule has 1 fully saturated rings. The molecule has 1 amide bonds. The second-order valence-electron chi connectivity index (χ2n) is 6.68. The van der Waals surface area contributed by atoms with Crippen LogP contribution in [0.5, 0.6) is 0 Å². The molecule has 1 aromatic rings. The number of fused-ring (bicyclic) bond motifs is 1. The molecule has 22 heavy (non-hydrogen) atoms. The minimum atomic E-state index is -0.374. The standard InChI is InChI=1S/C17H23NO3S/c1-10-3-6-14-13(7-10)8-15(22-14)17(20)21-9-16(19)18-11(2)12-4-5-12/h8,10-12H,3-7,9H2,1-2H3,(H,18,19)/t10-,11-/m0/s1. The van der Waals surface area contributed by atoms with Crippen molar-refractivity contribution in [1.82, 2.24) is 5.32 Å².